The molecule has 3 rings (SSSR count). The van der Waals surface area contributed by atoms with Gasteiger partial charge in [0.25, 0.3) is 0 Å². The molecular weight excluding hydrogens is 408 g/mol. The van der Waals surface area contributed by atoms with Crippen LogP contribution in [0.15, 0.2) is 36.4 Å². The minimum absolute atomic E-state index is 0.101. The summed E-state index contributed by atoms with van der Waals surface area (Å²) in [7, 11) is 0. The van der Waals surface area contributed by atoms with Gasteiger partial charge in [0.15, 0.2) is 5.78 Å². The summed E-state index contributed by atoms with van der Waals surface area (Å²) in [6.45, 7) is 0. The SMILES string of the molecule is N=C1C(=S)C(c2ccc(Cl)c(Cl)c2)C(=O)C1c1ccc(Cl)c(Cl)c1. The van der Waals surface area contributed by atoms with Crippen LogP contribution in [0.5, 0.6) is 0 Å². The second kappa shape index (κ2) is 6.74. The number of carbonyl (C=O) groups is 1. The number of nitrogens with one attached hydrogen (secondary N) is 1. The van der Waals surface area contributed by atoms with Gasteiger partial charge in [0.05, 0.1) is 42.5 Å². The van der Waals surface area contributed by atoms with Crippen LogP contribution in [0.4, 0.5) is 0 Å². The third-order valence-corrected chi connectivity index (χ3v) is 5.87. The fourth-order valence-electron chi connectivity index (χ4n) is 2.77. The highest BCUT2D eigenvalue weighted by atomic mass is 35.5. The maximum atomic E-state index is 12.9. The molecule has 1 fully saturated rings. The zero-order chi connectivity index (χ0) is 17.6. The Morgan fingerprint density at radius 3 is 1.71 bits per heavy atom. The number of carbonyl (C=O) groups excluding carboxylic acids is 1. The van der Waals surface area contributed by atoms with Crippen LogP contribution in [0.25, 0.3) is 0 Å². The van der Waals surface area contributed by atoms with Crippen LogP contribution in [0, 0.1) is 5.41 Å². The largest absolute Gasteiger partial charge is 0.303 e. The molecule has 2 aromatic rings. The average Bonchev–Trinajstić information content (AvgIpc) is 2.75. The lowest BCUT2D eigenvalue weighted by molar-refractivity contribution is -0.118. The van der Waals surface area contributed by atoms with Gasteiger partial charge in [0.1, 0.15) is 0 Å². The number of thiocarbonyl (C=S) groups is 1. The first-order valence-electron chi connectivity index (χ1n) is 6.87. The molecule has 0 aliphatic heterocycles. The molecule has 24 heavy (non-hydrogen) atoms. The Bertz CT molecular complexity index is 825. The summed E-state index contributed by atoms with van der Waals surface area (Å²) >= 11 is 29.3. The van der Waals surface area contributed by atoms with Crippen molar-refractivity contribution in [1.29, 1.82) is 5.41 Å². The number of ketones is 1. The molecule has 0 saturated heterocycles. The van der Waals surface area contributed by atoms with E-state index in [2.05, 4.69) is 0 Å². The molecule has 2 atom stereocenters. The Morgan fingerprint density at radius 2 is 1.25 bits per heavy atom. The normalized spacial score (nSPS) is 20.8. The molecule has 0 bridgehead atoms. The number of rotatable bonds is 2. The molecule has 0 spiro atoms. The van der Waals surface area contributed by atoms with Gasteiger partial charge in [0.2, 0.25) is 0 Å². The monoisotopic (exact) mass is 415 g/mol. The van der Waals surface area contributed by atoms with Gasteiger partial charge in [-0.3, -0.25) is 4.79 Å². The fraction of sp³-hybridized carbons (Fsp3) is 0.118. The van der Waals surface area contributed by atoms with Gasteiger partial charge in [-0.1, -0.05) is 70.8 Å². The number of halogens is 4. The van der Waals surface area contributed by atoms with Crippen molar-refractivity contribution in [3.05, 3.63) is 67.6 Å². The van der Waals surface area contributed by atoms with Crippen molar-refractivity contribution in [1.82, 2.24) is 0 Å². The van der Waals surface area contributed by atoms with E-state index in [-0.39, 0.29) is 16.4 Å². The van der Waals surface area contributed by atoms with Gasteiger partial charge in [-0.15, -0.1) is 0 Å². The van der Waals surface area contributed by atoms with Gasteiger partial charge in [0, 0.05) is 0 Å². The van der Waals surface area contributed by atoms with Crippen LogP contribution in [-0.2, 0) is 4.79 Å². The molecule has 122 valence electrons. The van der Waals surface area contributed by atoms with Crippen molar-refractivity contribution >= 4 is 75.0 Å². The van der Waals surface area contributed by atoms with Crippen LogP contribution in [0.3, 0.4) is 0 Å². The summed E-state index contributed by atoms with van der Waals surface area (Å²) < 4.78 is 0. The molecule has 7 heteroatoms. The molecular formula is C17H9Cl4NOS. The third kappa shape index (κ3) is 3.00. The van der Waals surface area contributed by atoms with Crippen LogP contribution in [0.1, 0.15) is 23.0 Å². The predicted octanol–water partition coefficient (Wildman–Crippen LogP) is 6.14. The van der Waals surface area contributed by atoms with E-state index in [9.17, 15) is 4.79 Å². The molecule has 2 nitrogen and oxygen atoms in total. The van der Waals surface area contributed by atoms with Crippen LogP contribution >= 0.6 is 58.6 Å². The first kappa shape index (κ1) is 17.8. The van der Waals surface area contributed by atoms with Gasteiger partial charge in [-0.2, -0.15) is 0 Å². The number of Topliss-reactive ketones (excluding diaryl/α,β-unsaturated/α-hetero) is 1. The second-order valence-corrected chi connectivity index (χ2v) is 7.46. The van der Waals surface area contributed by atoms with Gasteiger partial charge >= 0.3 is 0 Å². The molecule has 0 amide bonds. The first-order valence-corrected chi connectivity index (χ1v) is 8.79. The van der Waals surface area contributed by atoms with Crippen molar-refractivity contribution in [2.45, 2.75) is 11.8 Å². The zero-order valence-corrected chi connectivity index (χ0v) is 15.8. The van der Waals surface area contributed by atoms with E-state index in [4.69, 9.17) is 64.0 Å². The fourth-order valence-corrected chi connectivity index (χ4v) is 3.75. The average molecular weight is 417 g/mol. The lowest BCUT2D eigenvalue weighted by atomic mass is 9.91. The number of hydrogen-bond donors (Lipinski definition) is 1. The summed E-state index contributed by atoms with van der Waals surface area (Å²) in [6.07, 6.45) is 0. The maximum Gasteiger partial charge on any atom is 0.159 e. The predicted molar refractivity (Wildman–Crippen MR) is 104 cm³/mol. The third-order valence-electron chi connectivity index (χ3n) is 3.94. The smallest absolute Gasteiger partial charge is 0.159 e. The van der Waals surface area contributed by atoms with Crippen molar-refractivity contribution in [3.8, 4) is 0 Å². The Hall–Kier alpha value is -0.970. The molecule has 2 aromatic carbocycles. The van der Waals surface area contributed by atoms with E-state index in [1.807, 2.05) is 0 Å². The maximum absolute atomic E-state index is 12.9. The topological polar surface area (TPSA) is 40.9 Å². The Balaban J connectivity index is 2.04. The summed E-state index contributed by atoms with van der Waals surface area (Å²) in [5, 5.41) is 9.74. The Kier molecular flexibility index (Phi) is 5.01. The Labute approximate surface area is 164 Å². The molecule has 1 aliphatic rings. The second-order valence-electron chi connectivity index (χ2n) is 5.39. The van der Waals surface area contributed by atoms with E-state index < -0.39 is 11.8 Å². The first-order chi connectivity index (χ1) is 11.3. The number of hydrogen-bond acceptors (Lipinski definition) is 3. The van der Waals surface area contributed by atoms with Crippen molar-refractivity contribution in [2.24, 2.45) is 0 Å². The van der Waals surface area contributed by atoms with E-state index in [1.54, 1.807) is 36.4 Å². The lowest BCUT2D eigenvalue weighted by Gasteiger charge is -2.12. The standard InChI is InChI=1S/C17H9Cl4NOS/c18-9-3-1-7(5-11(9)20)13-15(22)17(24)14(16(13)23)8-2-4-10(19)12(21)6-8/h1-6,13-14,22H. The molecule has 1 aliphatic carbocycles. The molecule has 1 saturated carbocycles. The van der Waals surface area contributed by atoms with Crippen molar-refractivity contribution in [3.63, 3.8) is 0 Å². The van der Waals surface area contributed by atoms with Gasteiger partial charge in [-0.25, -0.2) is 0 Å². The van der Waals surface area contributed by atoms with Crippen LogP contribution in [-0.4, -0.2) is 16.4 Å². The quantitative estimate of drug-likeness (QED) is 0.597. The van der Waals surface area contributed by atoms with Crippen LogP contribution < -0.4 is 0 Å². The number of benzene rings is 2. The van der Waals surface area contributed by atoms with E-state index in [0.29, 0.717) is 31.2 Å². The minimum atomic E-state index is -0.758. The molecule has 0 radical (unpaired) electrons. The van der Waals surface area contributed by atoms with E-state index in [1.165, 1.54) is 0 Å². The summed E-state index contributed by atoms with van der Waals surface area (Å²) in [5.74, 6) is -1.63. The summed E-state index contributed by atoms with van der Waals surface area (Å²) in [4.78, 5) is 13.2. The summed E-state index contributed by atoms with van der Waals surface area (Å²) in [6, 6.07) is 9.82. The van der Waals surface area contributed by atoms with Gasteiger partial charge < -0.3 is 5.41 Å². The highest BCUT2D eigenvalue weighted by molar-refractivity contribution is 7.82. The molecule has 2 unspecified atom stereocenters. The minimum Gasteiger partial charge on any atom is -0.303 e. The van der Waals surface area contributed by atoms with E-state index >= 15 is 0 Å². The van der Waals surface area contributed by atoms with Crippen molar-refractivity contribution in [2.75, 3.05) is 0 Å². The van der Waals surface area contributed by atoms with Crippen molar-refractivity contribution < 1.29 is 4.79 Å². The zero-order valence-electron chi connectivity index (χ0n) is 11.9. The summed E-state index contributed by atoms with van der Waals surface area (Å²) in [5.41, 5.74) is 1.33. The highest BCUT2D eigenvalue weighted by Gasteiger charge is 2.44. The molecule has 1 N–H and O–H groups in total. The Morgan fingerprint density at radius 1 is 0.792 bits per heavy atom. The highest BCUT2D eigenvalue weighted by Crippen LogP contribution is 2.39. The molecule has 0 heterocycles. The van der Waals surface area contributed by atoms with E-state index in [0.717, 1.165) is 0 Å². The van der Waals surface area contributed by atoms with Gasteiger partial charge in [-0.05, 0) is 35.4 Å². The lowest BCUT2D eigenvalue weighted by Crippen LogP contribution is -2.14. The van der Waals surface area contributed by atoms with Crippen LogP contribution in [0.2, 0.25) is 20.1 Å². The molecule has 0 aromatic heterocycles.